The number of para-hydroxylation sites is 2. The van der Waals surface area contributed by atoms with Crippen molar-refractivity contribution in [3.05, 3.63) is 48.0 Å². The third-order valence-corrected chi connectivity index (χ3v) is 6.59. The highest BCUT2D eigenvalue weighted by Crippen LogP contribution is 2.31. The molecule has 0 spiro atoms. The first-order valence-corrected chi connectivity index (χ1v) is 11.3. The Kier molecular flexibility index (Phi) is 5.83. The fourth-order valence-electron chi connectivity index (χ4n) is 3.56. The number of hydrogen-bond donors (Lipinski definition) is 1. The van der Waals surface area contributed by atoms with E-state index in [2.05, 4.69) is 4.72 Å². The SMILES string of the molecule is COc1ccc(S(=O)(=O)NCC2COc3ccccc3O2)cc1C(=O)N1CCCC1. The van der Waals surface area contributed by atoms with Gasteiger partial charge in [0, 0.05) is 13.1 Å². The van der Waals surface area contributed by atoms with Crippen LogP contribution in [0.15, 0.2) is 47.4 Å². The number of rotatable bonds is 6. The number of sulfonamides is 1. The quantitative estimate of drug-likeness (QED) is 0.751. The van der Waals surface area contributed by atoms with Crippen molar-refractivity contribution < 1.29 is 27.4 Å². The molecule has 2 aromatic rings. The molecule has 2 aliphatic heterocycles. The van der Waals surface area contributed by atoms with E-state index in [4.69, 9.17) is 14.2 Å². The molecule has 1 atom stereocenters. The van der Waals surface area contributed by atoms with Gasteiger partial charge in [-0.3, -0.25) is 4.79 Å². The third-order valence-electron chi connectivity index (χ3n) is 5.17. The van der Waals surface area contributed by atoms with Gasteiger partial charge in [-0.15, -0.1) is 0 Å². The second kappa shape index (κ2) is 8.53. The Bertz CT molecular complexity index is 1030. The lowest BCUT2D eigenvalue weighted by molar-refractivity contribution is 0.0789. The van der Waals surface area contributed by atoms with Gasteiger partial charge in [0.2, 0.25) is 10.0 Å². The molecule has 160 valence electrons. The van der Waals surface area contributed by atoms with E-state index in [0.717, 1.165) is 12.8 Å². The minimum atomic E-state index is -3.85. The van der Waals surface area contributed by atoms with E-state index in [1.54, 1.807) is 17.0 Å². The molecular weight excluding hydrogens is 408 g/mol. The molecule has 0 aromatic heterocycles. The second-order valence-electron chi connectivity index (χ2n) is 7.21. The molecule has 1 N–H and O–H groups in total. The van der Waals surface area contributed by atoms with Crippen LogP contribution >= 0.6 is 0 Å². The molecule has 2 heterocycles. The summed E-state index contributed by atoms with van der Waals surface area (Å²) in [6.45, 7) is 1.61. The van der Waals surface area contributed by atoms with Crippen LogP contribution in [0.3, 0.4) is 0 Å². The van der Waals surface area contributed by atoms with Gasteiger partial charge in [0.15, 0.2) is 11.5 Å². The van der Waals surface area contributed by atoms with Gasteiger partial charge in [0.1, 0.15) is 18.5 Å². The summed E-state index contributed by atoms with van der Waals surface area (Å²) in [6.07, 6.45) is 1.43. The molecule has 0 saturated carbocycles. The highest BCUT2D eigenvalue weighted by atomic mass is 32.2. The monoisotopic (exact) mass is 432 g/mol. The maximum Gasteiger partial charge on any atom is 0.257 e. The number of amides is 1. The number of methoxy groups -OCH3 is 1. The Labute approximate surface area is 175 Å². The number of benzene rings is 2. The summed E-state index contributed by atoms with van der Waals surface area (Å²) < 4.78 is 44.9. The first-order chi connectivity index (χ1) is 14.5. The lowest BCUT2D eigenvalue weighted by Crippen LogP contribution is -2.40. The molecule has 30 heavy (non-hydrogen) atoms. The lowest BCUT2D eigenvalue weighted by atomic mass is 10.1. The summed E-state index contributed by atoms with van der Waals surface area (Å²) in [6, 6.07) is 11.5. The van der Waals surface area contributed by atoms with Crippen LogP contribution < -0.4 is 18.9 Å². The molecule has 0 aliphatic carbocycles. The van der Waals surface area contributed by atoms with Gasteiger partial charge in [-0.1, -0.05) is 12.1 Å². The maximum atomic E-state index is 12.8. The number of nitrogens with one attached hydrogen (secondary N) is 1. The van der Waals surface area contributed by atoms with E-state index >= 15 is 0 Å². The molecule has 9 heteroatoms. The fraction of sp³-hybridized carbons (Fsp3) is 0.381. The molecule has 0 radical (unpaired) electrons. The Morgan fingerprint density at radius 2 is 1.90 bits per heavy atom. The van der Waals surface area contributed by atoms with Crippen LogP contribution in [0.25, 0.3) is 0 Å². The Balaban J connectivity index is 1.48. The van der Waals surface area contributed by atoms with Crippen LogP contribution in [0.1, 0.15) is 23.2 Å². The molecule has 4 rings (SSSR count). The van der Waals surface area contributed by atoms with Gasteiger partial charge in [-0.05, 0) is 43.2 Å². The number of carbonyl (C=O) groups is 1. The summed E-state index contributed by atoms with van der Waals surface area (Å²) in [5.74, 6) is 1.35. The minimum absolute atomic E-state index is 0.00275. The van der Waals surface area contributed by atoms with Gasteiger partial charge in [-0.2, -0.15) is 0 Å². The zero-order chi connectivity index (χ0) is 21.1. The topological polar surface area (TPSA) is 94.2 Å². The molecule has 1 saturated heterocycles. The van der Waals surface area contributed by atoms with E-state index in [1.165, 1.54) is 25.3 Å². The number of fused-ring (bicyclic) bond motifs is 1. The molecule has 2 aliphatic rings. The van der Waals surface area contributed by atoms with Crippen LogP contribution in [0, 0.1) is 0 Å². The molecular formula is C21H24N2O6S. The van der Waals surface area contributed by atoms with Gasteiger partial charge < -0.3 is 19.1 Å². The Hall–Kier alpha value is -2.78. The predicted molar refractivity (Wildman–Crippen MR) is 110 cm³/mol. The van der Waals surface area contributed by atoms with Gasteiger partial charge in [0.05, 0.1) is 24.1 Å². The van der Waals surface area contributed by atoms with Crippen molar-refractivity contribution >= 4 is 15.9 Å². The van der Waals surface area contributed by atoms with E-state index in [9.17, 15) is 13.2 Å². The molecule has 2 aromatic carbocycles. The highest BCUT2D eigenvalue weighted by molar-refractivity contribution is 7.89. The Morgan fingerprint density at radius 3 is 2.63 bits per heavy atom. The standard InChI is InChI=1S/C21H24N2O6S/c1-27-18-9-8-16(12-17(18)21(24)23-10-4-5-11-23)30(25,26)22-13-15-14-28-19-6-2-3-7-20(19)29-15/h2-3,6-9,12,15,22H,4-5,10-11,13-14H2,1H3. The Morgan fingerprint density at radius 1 is 1.17 bits per heavy atom. The van der Waals surface area contributed by atoms with Crippen molar-refractivity contribution in [3.63, 3.8) is 0 Å². The number of nitrogens with zero attached hydrogens (tertiary/aromatic N) is 1. The van der Waals surface area contributed by atoms with Gasteiger partial charge in [0.25, 0.3) is 5.91 Å². The van der Waals surface area contributed by atoms with Crippen molar-refractivity contribution in [1.82, 2.24) is 9.62 Å². The van der Waals surface area contributed by atoms with Gasteiger partial charge >= 0.3 is 0 Å². The summed E-state index contributed by atoms with van der Waals surface area (Å²) in [5, 5.41) is 0. The van der Waals surface area contributed by atoms with E-state index in [0.29, 0.717) is 30.3 Å². The second-order valence-corrected chi connectivity index (χ2v) is 8.98. The van der Waals surface area contributed by atoms with Crippen LogP contribution in [0.2, 0.25) is 0 Å². The zero-order valence-corrected chi connectivity index (χ0v) is 17.5. The summed E-state index contributed by atoms with van der Waals surface area (Å²) in [5.41, 5.74) is 0.244. The average molecular weight is 432 g/mol. The molecule has 1 fully saturated rings. The molecule has 1 amide bonds. The molecule has 1 unspecified atom stereocenters. The largest absolute Gasteiger partial charge is 0.496 e. The summed E-state index contributed by atoms with van der Waals surface area (Å²) >= 11 is 0. The van der Waals surface area contributed by atoms with Crippen molar-refractivity contribution in [2.75, 3.05) is 33.4 Å². The van der Waals surface area contributed by atoms with Gasteiger partial charge in [-0.25, -0.2) is 13.1 Å². The smallest absolute Gasteiger partial charge is 0.257 e. The number of hydrogen-bond acceptors (Lipinski definition) is 6. The van der Waals surface area contributed by atoms with Crippen LogP contribution in [0.5, 0.6) is 17.2 Å². The van der Waals surface area contributed by atoms with Crippen LogP contribution in [-0.4, -0.2) is 58.7 Å². The summed E-state index contributed by atoms with van der Waals surface area (Å²) in [4.78, 5) is 14.5. The van der Waals surface area contributed by atoms with Crippen molar-refractivity contribution in [3.8, 4) is 17.2 Å². The van der Waals surface area contributed by atoms with E-state index in [-0.39, 0.29) is 29.5 Å². The lowest BCUT2D eigenvalue weighted by Gasteiger charge is -2.26. The number of ether oxygens (including phenoxy) is 3. The average Bonchev–Trinajstić information content (AvgIpc) is 3.31. The van der Waals surface area contributed by atoms with Crippen molar-refractivity contribution in [2.24, 2.45) is 0 Å². The van der Waals surface area contributed by atoms with Crippen molar-refractivity contribution in [1.29, 1.82) is 0 Å². The minimum Gasteiger partial charge on any atom is -0.496 e. The predicted octanol–water partition coefficient (Wildman–Crippen LogP) is 2.05. The zero-order valence-electron chi connectivity index (χ0n) is 16.7. The van der Waals surface area contributed by atoms with Crippen LogP contribution in [-0.2, 0) is 10.0 Å². The van der Waals surface area contributed by atoms with Crippen molar-refractivity contribution in [2.45, 2.75) is 23.8 Å². The van der Waals surface area contributed by atoms with E-state index in [1.807, 2.05) is 12.1 Å². The molecule has 8 nitrogen and oxygen atoms in total. The number of likely N-dealkylation sites (tertiary alicyclic amines) is 1. The first kappa shape index (κ1) is 20.5. The number of carbonyl (C=O) groups excluding carboxylic acids is 1. The third kappa shape index (κ3) is 4.22. The van der Waals surface area contributed by atoms with E-state index < -0.39 is 16.1 Å². The highest BCUT2D eigenvalue weighted by Gasteiger charge is 2.27. The van der Waals surface area contributed by atoms with Crippen LogP contribution in [0.4, 0.5) is 0 Å². The fourth-order valence-corrected chi connectivity index (χ4v) is 4.65. The maximum absolute atomic E-state index is 12.8. The summed E-state index contributed by atoms with van der Waals surface area (Å²) in [7, 11) is -2.39. The first-order valence-electron chi connectivity index (χ1n) is 9.83. The molecule has 0 bridgehead atoms. The normalized spacial score (nSPS) is 18.3.